The largest absolute Gasteiger partial charge is 0.487 e. The molecule has 5 nitrogen and oxygen atoms in total. The molecule has 0 amide bonds. The number of benzene rings is 1. The van der Waals surface area contributed by atoms with E-state index in [9.17, 15) is 14.5 Å². The highest BCUT2D eigenvalue weighted by Crippen LogP contribution is 2.27. The summed E-state index contributed by atoms with van der Waals surface area (Å²) in [7, 11) is 0. The molecule has 6 heteroatoms. The van der Waals surface area contributed by atoms with Crippen molar-refractivity contribution >= 4 is 5.69 Å². The number of ether oxygens (including phenoxy) is 1. The van der Waals surface area contributed by atoms with Crippen molar-refractivity contribution < 1.29 is 14.1 Å². The minimum absolute atomic E-state index is 0.130. The molecule has 0 saturated carbocycles. The molecule has 0 bridgehead atoms. The summed E-state index contributed by atoms with van der Waals surface area (Å²) in [6.07, 6.45) is 4.20. The lowest BCUT2D eigenvalue weighted by atomic mass is 10.1. The Kier molecular flexibility index (Phi) is 4.68. The van der Waals surface area contributed by atoms with E-state index in [0.29, 0.717) is 12.6 Å². The van der Waals surface area contributed by atoms with Gasteiger partial charge in [-0.3, -0.25) is 10.1 Å². The van der Waals surface area contributed by atoms with E-state index < -0.39 is 10.7 Å². The molecule has 0 spiro atoms. The summed E-state index contributed by atoms with van der Waals surface area (Å²) in [6, 6.07) is 3.89. The molecule has 1 saturated heterocycles. The van der Waals surface area contributed by atoms with E-state index in [1.165, 1.54) is 25.0 Å². The molecule has 0 aromatic heterocycles. The second kappa shape index (κ2) is 6.47. The Morgan fingerprint density at radius 1 is 1.53 bits per heavy atom. The number of halogens is 1. The van der Waals surface area contributed by atoms with Crippen LogP contribution >= 0.6 is 0 Å². The van der Waals surface area contributed by atoms with Crippen LogP contribution in [0.2, 0.25) is 0 Å². The molecule has 0 aliphatic carbocycles. The predicted octanol–water partition coefficient (Wildman–Crippen LogP) is 2.64. The third kappa shape index (κ3) is 3.89. The molecule has 1 N–H and O–H groups in total. The fraction of sp³-hybridized carbons (Fsp3) is 0.538. The van der Waals surface area contributed by atoms with E-state index >= 15 is 0 Å². The normalized spacial score (nSPS) is 18.5. The van der Waals surface area contributed by atoms with E-state index in [1.54, 1.807) is 0 Å². The molecule has 1 fully saturated rings. The Labute approximate surface area is 110 Å². The molecular weight excluding hydrogens is 251 g/mol. The van der Waals surface area contributed by atoms with Crippen LogP contribution in [0.4, 0.5) is 10.1 Å². The van der Waals surface area contributed by atoms with Crippen LogP contribution in [0.1, 0.15) is 25.7 Å². The van der Waals surface area contributed by atoms with Crippen LogP contribution in [0.25, 0.3) is 0 Å². The van der Waals surface area contributed by atoms with Crippen molar-refractivity contribution in [2.75, 3.05) is 13.2 Å². The van der Waals surface area contributed by atoms with Crippen molar-refractivity contribution in [1.82, 2.24) is 5.32 Å². The van der Waals surface area contributed by atoms with E-state index in [2.05, 4.69) is 5.32 Å². The molecular formula is C13H17FN2O3. The maximum Gasteiger partial charge on any atom is 0.313 e. The quantitative estimate of drug-likeness (QED) is 0.489. The third-order valence-corrected chi connectivity index (χ3v) is 3.23. The van der Waals surface area contributed by atoms with Gasteiger partial charge in [-0.25, -0.2) is 4.39 Å². The molecule has 1 heterocycles. The van der Waals surface area contributed by atoms with Gasteiger partial charge in [0.1, 0.15) is 5.82 Å². The summed E-state index contributed by atoms with van der Waals surface area (Å²) >= 11 is 0. The van der Waals surface area contributed by atoms with Gasteiger partial charge in [0.15, 0.2) is 5.75 Å². The van der Waals surface area contributed by atoms with Crippen molar-refractivity contribution in [2.45, 2.75) is 31.7 Å². The van der Waals surface area contributed by atoms with Gasteiger partial charge >= 0.3 is 5.69 Å². The Morgan fingerprint density at radius 2 is 2.37 bits per heavy atom. The summed E-state index contributed by atoms with van der Waals surface area (Å²) in [5, 5.41) is 14.1. The van der Waals surface area contributed by atoms with Crippen LogP contribution < -0.4 is 10.1 Å². The lowest BCUT2D eigenvalue weighted by Crippen LogP contribution is -2.21. The Bertz CT molecular complexity index is 448. The van der Waals surface area contributed by atoms with Gasteiger partial charge in [0.05, 0.1) is 17.6 Å². The van der Waals surface area contributed by atoms with Crippen LogP contribution in [-0.2, 0) is 0 Å². The van der Waals surface area contributed by atoms with Crippen LogP contribution in [0.3, 0.4) is 0 Å². The van der Waals surface area contributed by atoms with E-state index in [4.69, 9.17) is 4.74 Å². The highest BCUT2D eigenvalue weighted by Gasteiger charge is 2.17. The van der Waals surface area contributed by atoms with Crippen LogP contribution in [0.5, 0.6) is 5.75 Å². The zero-order chi connectivity index (χ0) is 13.7. The first-order chi connectivity index (χ1) is 9.16. The standard InChI is InChI=1S/C13H17FN2O3/c14-10-5-6-13(12(9-10)16(17)18)19-8-2-4-11-3-1-7-15-11/h5-6,9,11,15H,1-4,7-8H2. The molecule has 1 atom stereocenters. The fourth-order valence-corrected chi connectivity index (χ4v) is 2.27. The molecule has 1 aliphatic rings. The van der Waals surface area contributed by atoms with Gasteiger partial charge in [-0.15, -0.1) is 0 Å². The summed E-state index contributed by atoms with van der Waals surface area (Å²) in [6.45, 7) is 1.47. The zero-order valence-corrected chi connectivity index (χ0v) is 10.6. The molecule has 1 aliphatic heterocycles. The summed E-state index contributed by atoms with van der Waals surface area (Å²) in [5.41, 5.74) is -0.320. The summed E-state index contributed by atoms with van der Waals surface area (Å²) < 4.78 is 18.3. The molecule has 1 aromatic rings. The van der Waals surface area contributed by atoms with Crippen molar-refractivity contribution in [3.63, 3.8) is 0 Å². The van der Waals surface area contributed by atoms with Gasteiger partial charge in [0.2, 0.25) is 0 Å². The molecule has 2 rings (SSSR count). The first-order valence-electron chi connectivity index (χ1n) is 6.47. The number of hydrogen-bond donors (Lipinski definition) is 1. The van der Waals surface area contributed by atoms with Crippen molar-refractivity contribution in [2.24, 2.45) is 0 Å². The van der Waals surface area contributed by atoms with Crippen LogP contribution in [0.15, 0.2) is 18.2 Å². The summed E-state index contributed by atoms with van der Waals surface area (Å²) in [5.74, 6) is -0.500. The van der Waals surface area contributed by atoms with Gasteiger partial charge in [-0.1, -0.05) is 0 Å². The van der Waals surface area contributed by atoms with E-state index in [1.807, 2.05) is 0 Å². The SMILES string of the molecule is O=[N+]([O-])c1cc(F)ccc1OCCCC1CCCN1. The number of nitrogens with zero attached hydrogens (tertiary/aromatic N) is 1. The smallest absolute Gasteiger partial charge is 0.313 e. The zero-order valence-electron chi connectivity index (χ0n) is 10.6. The van der Waals surface area contributed by atoms with Crippen LogP contribution in [0, 0.1) is 15.9 Å². The molecule has 0 radical (unpaired) electrons. The Balaban J connectivity index is 1.83. The average Bonchev–Trinajstić information content (AvgIpc) is 2.89. The molecule has 19 heavy (non-hydrogen) atoms. The molecule has 104 valence electrons. The van der Waals surface area contributed by atoms with Gasteiger partial charge < -0.3 is 10.1 Å². The Hall–Kier alpha value is -1.69. The minimum Gasteiger partial charge on any atom is -0.487 e. The second-order valence-corrected chi connectivity index (χ2v) is 4.65. The minimum atomic E-state index is -0.630. The molecule has 1 aromatic carbocycles. The molecule has 1 unspecified atom stereocenters. The van der Waals surface area contributed by atoms with Crippen molar-refractivity contribution in [3.05, 3.63) is 34.1 Å². The monoisotopic (exact) mass is 268 g/mol. The van der Waals surface area contributed by atoms with Gasteiger partial charge in [0.25, 0.3) is 0 Å². The lowest BCUT2D eigenvalue weighted by Gasteiger charge is -2.10. The maximum absolute atomic E-state index is 12.9. The average molecular weight is 268 g/mol. The van der Waals surface area contributed by atoms with Gasteiger partial charge in [-0.2, -0.15) is 0 Å². The lowest BCUT2D eigenvalue weighted by molar-refractivity contribution is -0.386. The number of nitrogens with one attached hydrogen (secondary N) is 1. The second-order valence-electron chi connectivity index (χ2n) is 4.65. The Morgan fingerprint density at radius 3 is 3.05 bits per heavy atom. The first kappa shape index (κ1) is 13.7. The van der Waals surface area contributed by atoms with Gasteiger partial charge in [0, 0.05) is 6.04 Å². The fourth-order valence-electron chi connectivity index (χ4n) is 2.27. The highest BCUT2D eigenvalue weighted by molar-refractivity contribution is 5.46. The predicted molar refractivity (Wildman–Crippen MR) is 68.8 cm³/mol. The maximum atomic E-state index is 12.9. The number of hydrogen-bond acceptors (Lipinski definition) is 4. The number of nitro groups is 1. The number of nitro benzene ring substituents is 1. The van der Waals surface area contributed by atoms with E-state index in [-0.39, 0.29) is 11.4 Å². The van der Waals surface area contributed by atoms with Gasteiger partial charge in [-0.05, 0) is 44.4 Å². The van der Waals surface area contributed by atoms with E-state index in [0.717, 1.165) is 25.5 Å². The number of rotatable bonds is 6. The van der Waals surface area contributed by atoms with Crippen molar-refractivity contribution in [3.8, 4) is 5.75 Å². The highest BCUT2D eigenvalue weighted by atomic mass is 19.1. The topological polar surface area (TPSA) is 64.4 Å². The first-order valence-corrected chi connectivity index (χ1v) is 6.47. The summed E-state index contributed by atoms with van der Waals surface area (Å²) in [4.78, 5) is 10.1. The van der Waals surface area contributed by atoms with Crippen LogP contribution in [-0.4, -0.2) is 24.1 Å². The van der Waals surface area contributed by atoms with Crippen molar-refractivity contribution in [1.29, 1.82) is 0 Å². The third-order valence-electron chi connectivity index (χ3n) is 3.23.